The number of rotatable bonds is 8. The number of imidazole rings is 1. The first-order chi connectivity index (χ1) is 11.6. The van der Waals surface area contributed by atoms with Crippen molar-refractivity contribution in [2.45, 2.75) is 31.6 Å². The van der Waals surface area contributed by atoms with Crippen molar-refractivity contribution >= 4 is 11.0 Å². The summed E-state index contributed by atoms with van der Waals surface area (Å²) in [6.45, 7) is 2.98. The molecule has 0 radical (unpaired) electrons. The number of likely N-dealkylation sites (N-methyl/N-ethyl adjacent to an activating group) is 1. The lowest BCUT2D eigenvalue weighted by molar-refractivity contribution is -0.0240. The molecule has 1 aromatic carbocycles. The van der Waals surface area contributed by atoms with Crippen LogP contribution < -0.4 is 0 Å². The van der Waals surface area contributed by atoms with Crippen molar-refractivity contribution in [1.82, 2.24) is 14.5 Å². The summed E-state index contributed by atoms with van der Waals surface area (Å²) < 4.78 is 13.2. The van der Waals surface area contributed by atoms with Gasteiger partial charge in [-0.25, -0.2) is 4.98 Å². The molecule has 3 rings (SSSR count). The van der Waals surface area contributed by atoms with Crippen molar-refractivity contribution in [2.24, 2.45) is 7.05 Å². The predicted octanol–water partition coefficient (Wildman–Crippen LogP) is 1.56. The lowest BCUT2D eigenvalue weighted by Crippen LogP contribution is -2.33. The number of nitrogens with zero attached hydrogens (tertiary/aromatic N) is 3. The maximum Gasteiger partial charge on any atom is 0.123 e. The quantitative estimate of drug-likeness (QED) is 0.794. The second-order valence-electron chi connectivity index (χ2n) is 6.60. The molecule has 2 atom stereocenters. The highest BCUT2D eigenvalue weighted by Crippen LogP contribution is 2.15. The number of hydrogen-bond donors (Lipinski definition) is 1. The minimum absolute atomic E-state index is 0.204. The second kappa shape index (κ2) is 8.07. The van der Waals surface area contributed by atoms with E-state index in [9.17, 15) is 5.11 Å². The number of aryl methyl sites for hydroxylation is 1. The molecular weight excluding hydrogens is 306 g/mol. The average Bonchev–Trinajstić information content (AvgIpc) is 3.17. The molecule has 1 saturated heterocycles. The largest absolute Gasteiger partial charge is 0.389 e. The van der Waals surface area contributed by atoms with E-state index < -0.39 is 6.10 Å². The molecule has 2 unspecified atom stereocenters. The molecule has 24 heavy (non-hydrogen) atoms. The molecule has 132 valence electrons. The fourth-order valence-electron chi connectivity index (χ4n) is 3.17. The van der Waals surface area contributed by atoms with E-state index >= 15 is 0 Å². The van der Waals surface area contributed by atoms with Gasteiger partial charge < -0.3 is 19.1 Å². The van der Waals surface area contributed by atoms with Gasteiger partial charge in [0.2, 0.25) is 0 Å². The van der Waals surface area contributed by atoms with Crippen LogP contribution in [0.2, 0.25) is 0 Å². The first-order valence-corrected chi connectivity index (χ1v) is 8.60. The Labute approximate surface area is 143 Å². The number of hydrogen-bond acceptors (Lipinski definition) is 5. The fourth-order valence-corrected chi connectivity index (χ4v) is 3.17. The van der Waals surface area contributed by atoms with Crippen LogP contribution in [0.15, 0.2) is 24.3 Å². The van der Waals surface area contributed by atoms with Gasteiger partial charge in [-0.05, 0) is 32.0 Å². The Morgan fingerprint density at radius 1 is 1.46 bits per heavy atom. The van der Waals surface area contributed by atoms with Gasteiger partial charge in [-0.15, -0.1) is 0 Å². The average molecular weight is 333 g/mol. The smallest absolute Gasteiger partial charge is 0.123 e. The van der Waals surface area contributed by atoms with Crippen LogP contribution >= 0.6 is 0 Å². The first-order valence-electron chi connectivity index (χ1n) is 8.60. The van der Waals surface area contributed by atoms with Gasteiger partial charge in [0.15, 0.2) is 0 Å². The molecule has 0 amide bonds. The Bertz CT molecular complexity index is 652. The number of aliphatic hydroxyl groups excluding tert-OH is 1. The lowest BCUT2D eigenvalue weighted by Gasteiger charge is -2.21. The number of aromatic nitrogens is 2. The van der Waals surface area contributed by atoms with Gasteiger partial charge in [0.25, 0.3) is 0 Å². The van der Waals surface area contributed by atoms with Crippen LogP contribution in [0.25, 0.3) is 11.0 Å². The molecular formula is C18H27N3O3. The van der Waals surface area contributed by atoms with Crippen molar-refractivity contribution < 1.29 is 14.6 Å². The zero-order valence-electron chi connectivity index (χ0n) is 14.5. The normalized spacial score (nSPS) is 19.4. The van der Waals surface area contributed by atoms with Crippen molar-refractivity contribution in [1.29, 1.82) is 0 Å². The van der Waals surface area contributed by atoms with Crippen molar-refractivity contribution in [3.8, 4) is 0 Å². The van der Waals surface area contributed by atoms with Crippen LogP contribution in [0, 0.1) is 0 Å². The van der Waals surface area contributed by atoms with Crippen molar-refractivity contribution in [3.63, 3.8) is 0 Å². The third-order valence-electron chi connectivity index (χ3n) is 4.45. The highest BCUT2D eigenvalue weighted by Gasteiger charge is 2.17. The zero-order valence-corrected chi connectivity index (χ0v) is 14.5. The number of ether oxygens (including phenoxy) is 2. The molecule has 0 saturated carbocycles. The van der Waals surface area contributed by atoms with Crippen molar-refractivity contribution in [2.75, 3.05) is 33.4 Å². The van der Waals surface area contributed by atoms with Gasteiger partial charge in [0, 0.05) is 20.2 Å². The summed E-state index contributed by atoms with van der Waals surface area (Å²) in [5.41, 5.74) is 2.13. The van der Waals surface area contributed by atoms with Crippen LogP contribution in [0.5, 0.6) is 0 Å². The van der Waals surface area contributed by atoms with Crippen LogP contribution in [0.1, 0.15) is 18.7 Å². The van der Waals surface area contributed by atoms with Crippen LogP contribution in [0.3, 0.4) is 0 Å². The number of para-hydroxylation sites is 2. The number of benzene rings is 1. The SMILES string of the molecule is CN(Cc1nc2ccccc2n1C)CC(O)COCC1CCCO1. The minimum atomic E-state index is -0.508. The molecule has 0 aliphatic carbocycles. The summed E-state index contributed by atoms with van der Waals surface area (Å²) in [6.07, 6.45) is 1.86. The van der Waals surface area contributed by atoms with Gasteiger partial charge in [-0.3, -0.25) is 4.90 Å². The fraction of sp³-hybridized carbons (Fsp3) is 0.611. The lowest BCUT2D eigenvalue weighted by atomic mass is 10.2. The van der Waals surface area contributed by atoms with Crippen molar-refractivity contribution in [3.05, 3.63) is 30.1 Å². The van der Waals surface area contributed by atoms with Crippen LogP contribution in [0.4, 0.5) is 0 Å². The molecule has 1 N–H and O–H groups in total. The monoisotopic (exact) mass is 333 g/mol. The van der Waals surface area contributed by atoms with Gasteiger partial charge >= 0.3 is 0 Å². The van der Waals surface area contributed by atoms with Gasteiger partial charge in [-0.1, -0.05) is 12.1 Å². The third kappa shape index (κ3) is 4.33. The summed E-state index contributed by atoms with van der Waals surface area (Å²) in [5.74, 6) is 0.992. The molecule has 1 aliphatic heterocycles. The molecule has 0 bridgehead atoms. The summed E-state index contributed by atoms with van der Waals surface area (Å²) in [5, 5.41) is 10.1. The van der Waals surface area contributed by atoms with E-state index in [2.05, 4.69) is 20.5 Å². The van der Waals surface area contributed by atoms with E-state index in [4.69, 9.17) is 9.47 Å². The van der Waals surface area contributed by atoms with E-state index in [1.165, 1.54) is 0 Å². The molecule has 1 aromatic heterocycles. The summed E-state index contributed by atoms with van der Waals surface area (Å²) in [7, 11) is 4.02. The van der Waals surface area contributed by atoms with E-state index in [0.717, 1.165) is 36.3 Å². The Kier molecular flexibility index (Phi) is 5.84. The van der Waals surface area contributed by atoms with E-state index in [1.54, 1.807) is 0 Å². The Hall–Kier alpha value is -1.47. The summed E-state index contributed by atoms with van der Waals surface area (Å²) >= 11 is 0. The third-order valence-corrected chi connectivity index (χ3v) is 4.45. The molecule has 1 aliphatic rings. The summed E-state index contributed by atoms with van der Waals surface area (Å²) in [4.78, 5) is 6.74. The molecule has 0 spiro atoms. The maximum atomic E-state index is 10.1. The molecule has 1 fully saturated rings. The maximum absolute atomic E-state index is 10.1. The van der Waals surface area contributed by atoms with Gasteiger partial charge in [-0.2, -0.15) is 0 Å². The highest BCUT2D eigenvalue weighted by atomic mass is 16.5. The van der Waals surface area contributed by atoms with Crippen LogP contribution in [-0.2, 0) is 23.1 Å². The first kappa shape index (κ1) is 17.4. The molecule has 6 nitrogen and oxygen atoms in total. The molecule has 6 heteroatoms. The zero-order chi connectivity index (χ0) is 16.9. The predicted molar refractivity (Wildman–Crippen MR) is 92.8 cm³/mol. The van der Waals surface area contributed by atoms with E-state index in [0.29, 0.717) is 26.3 Å². The van der Waals surface area contributed by atoms with Gasteiger partial charge in [0.1, 0.15) is 5.82 Å². The standard InChI is InChI=1S/C18H27N3O3/c1-20(10-14(22)12-23-13-15-6-5-9-24-15)11-18-19-16-7-3-4-8-17(16)21(18)2/h3-4,7-8,14-15,22H,5-6,9-13H2,1-2H3. The number of aliphatic hydroxyl groups is 1. The summed E-state index contributed by atoms with van der Waals surface area (Å²) in [6, 6.07) is 8.11. The molecule has 2 aromatic rings. The molecule has 2 heterocycles. The Morgan fingerprint density at radius 2 is 2.29 bits per heavy atom. The topological polar surface area (TPSA) is 59.8 Å². The second-order valence-corrected chi connectivity index (χ2v) is 6.60. The minimum Gasteiger partial charge on any atom is -0.389 e. The van der Waals surface area contributed by atoms with Gasteiger partial charge in [0.05, 0.1) is 43.0 Å². The Morgan fingerprint density at radius 3 is 3.04 bits per heavy atom. The van der Waals surface area contributed by atoms with E-state index in [1.807, 2.05) is 32.3 Å². The number of fused-ring (bicyclic) bond motifs is 1. The van der Waals surface area contributed by atoms with E-state index in [-0.39, 0.29) is 6.10 Å². The van der Waals surface area contributed by atoms with Crippen LogP contribution in [-0.4, -0.2) is 65.2 Å². The highest BCUT2D eigenvalue weighted by molar-refractivity contribution is 5.75. The Balaban J connectivity index is 1.45.